The van der Waals surface area contributed by atoms with Crippen LogP contribution >= 0.6 is 12.4 Å². The predicted octanol–water partition coefficient (Wildman–Crippen LogP) is 3.76. The first-order valence-corrected chi connectivity index (χ1v) is 7.36. The number of rotatable bonds is 6. The van der Waals surface area contributed by atoms with Crippen LogP contribution in [0.25, 0.3) is 0 Å². The summed E-state index contributed by atoms with van der Waals surface area (Å²) in [7, 11) is 0. The smallest absolute Gasteiger partial charge is 0.123 e. The molecule has 0 aromatic heterocycles. The first-order valence-electron chi connectivity index (χ1n) is 7.36. The van der Waals surface area contributed by atoms with Gasteiger partial charge in [0.2, 0.25) is 0 Å². The third-order valence-corrected chi connectivity index (χ3v) is 3.30. The van der Waals surface area contributed by atoms with Crippen LogP contribution in [0.2, 0.25) is 0 Å². The zero-order valence-electron chi connectivity index (χ0n) is 12.5. The first-order chi connectivity index (χ1) is 9.24. The lowest BCUT2D eigenvalue weighted by Crippen LogP contribution is -2.33. The summed E-state index contributed by atoms with van der Waals surface area (Å²) in [6.07, 6.45) is 4.24. The number of nitrogens with zero attached hydrogens (tertiary/aromatic N) is 1. The Kier molecular flexibility index (Phi) is 7.78. The second-order valence-electron chi connectivity index (χ2n) is 5.39. The van der Waals surface area contributed by atoms with Gasteiger partial charge < -0.3 is 9.47 Å². The van der Waals surface area contributed by atoms with Crippen molar-refractivity contribution in [2.24, 2.45) is 0 Å². The summed E-state index contributed by atoms with van der Waals surface area (Å²) in [6, 6.07) is 7.91. The molecule has 0 aliphatic carbocycles. The molecule has 1 aromatic rings. The monoisotopic (exact) mass is 299 g/mol. The van der Waals surface area contributed by atoms with Gasteiger partial charge >= 0.3 is 0 Å². The summed E-state index contributed by atoms with van der Waals surface area (Å²) in [5, 5.41) is 0. The quantitative estimate of drug-likeness (QED) is 0.798. The van der Waals surface area contributed by atoms with Crippen LogP contribution in [0.5, 0.6) is 11.5 Å². The average molecular weight is 300 g/mol. The molecule has 1 aliphatic rings. The van der Waals surface area contributed by atoms with Crippen molar-refractivity contribution in [3.8, 4) is 11.5 Å². The van der Waals surface area contributed by atoms with E-state index in [2.05, 4.69) is 4.90 Å². The second-order valence-corrected chi connectivity index (χ2v) is 5.39. The third kappa shape index (κ3) is 6.02. The summed E-state index contributed by atoms with van der Waals surface area (Å²) in [4.78, 5) is 2.48. The minimum Gasteiger partial charge on any atom is -0.492 e. The van der Waals surface area contributed by atoms with Gasteiger partial charge in [-0.05, 0) is 51.9 Å². The van der Waals surface area contributed by atoms with Crippen LogP contribution in [0.15, 0.2) is 24.3 Å². The number of hydrogen-bond acceptors (Lipinski definition) is 3. The Labute approximate surface area is 128 Å². The van der Waals surface area contributed by atoms with Gasteiger partial charge in [-0.25, -0.2) is 0 Å². The SMILES string of the molecule is CC(C)Oc1cccc(OCCN2CCCCC2)c1.Cl. The molecule has 2 rings (SSSR count). The Hall–Kier alpha value is -0.930. The van der Waals surface area contributed by atoms with Gasteiger partial charge in [-0.15, -0.1) is 12.4 Å². The Morgan fingerprint density at radius 2 is 1.80 bits per heavy atom. The molecule has 1 fully saturated rings. The highest BCUT2D eigenvalue weighted by atomic mass is 35.5. The molecule has 4 heteroatoms. The van der Waals surface area contributed by atoms with Gasteiger partial charge in [-0.2, -0.15) is 0 Å². The van der Waals surface area contributed by atoms with Crippen molar-refractivity contribution >= 4 is 12.4 Å². The fourth-order valence-electron chi connectivity index (χ4n) is 2.39. The number of piperidine rings is 1. The van der Waals surface area contributed by atoms with Crippen molar-refractivity contribution in [3.63, 3.8) is 0 Å². The number of benzene rings is 1. The molecule has 1 saturated heterocycles. The van der Waals surface area contributed by atoms with Crippen LogP contribution in [-0.4, -0.2) is 37.2 Å². The van der Waals surface area contributed by atoms with Crippen molar-refractivity contribution in [1.29, 1.82) is 0 Å². The van der Waals surface area contributed by atoms with E-state index >= 15 is 0 Å². The maximum Gasteiger partial charge on any atom is 0.123 e. The van der Waals surface area contributed by atoms with Crippen molar-refractivity contribution < 1.29 is 9.47 Å². The lowest BCUT2D eigenvalue weighted by Gasteiger charge is -2.26. The van der Waals surface area contributed by atoms with Crippen LogP contribution in [0.3, 0.4) is 0 Å². The number of likely N-dealkylation sites (tertiary alicyclic amines) is 1. The van der Waals surface area contributed by atoms with Gasteiger partial charge in [0.05, 0.1) is 6.10 Å². The standard InChI is InChI=1S/C16H25NO2.ClH/c1-14(2)19-16-8-6-7-15(13-16)18-12-11-17-9-4-3-5-10-17;/h6-8,13-14H,3-5,9-12H2,1-2H3;1H. The lowest BCUT2D eigenvalue weighted by atomic mass is 10.1. The zero-order valence-corrected chi connectivity index (χ0v) is 13.3. The zero-order chi connectivity index (χ0) is 13.5. The van der Waals surface area contributed by atoms with Crippen LogP contribution in [0.1, 0.15) is 33.1 Å². The maximum atomic E-state index is 5.81. The molecule has 1 aromatic carbocycles. The highest BCUT2D eigenvalue weighted by Crippen LogP contribution is 2.20. The van der Waals surface area contributed by atoms with Gasteiger partial charge in [0.1, 0.15) is 18.1 Å². The van der Waals surface area contributed by atoms with E-state index in [-0.39, 0.29) is 18.5 Å². The Morgan fingerprint density at radius 3 is 2.50 bits per heavy atom. The lowest BCUT2D eigenvalue weighted by molar-refractivity contribution is 0.182. The minimum atomic E-state index is 0. The first kappa shape index (κ1) is 17.1. The molecular formula is C16H26ClNO2. The Morgan fingerprint density at radius 1 is 1.10 bits per heavy atom. The van der Waals surface area contributed by atoms with Crippen LogP contribution in [-0.2, 0) is 0 Å². The van der Waals surface area contributed by atoms with E-state index in [0.29, 0.717) is 0 Å². The van der Waals surface area contributed by atoms with Gasteiger partial charge in [0.15, 0.2) is 0 Å². The highest BCUT2D eigenvalue weighted by molar-refractivity contribution is 5.85. The third-order valence-electron chi connectivity index (χ3n) is 3.30. The minimum absolute atomic E-state index is 0. The molecule has 20 heavy (non-hydrogen) atoms. The van der Waals surface area contributed by atoms with E-state index in [9.17, 15) is 0 Å². The molecule has 0 saturated carbocycles. The largest absolute Gasteiger partial charge is 0.492 e. The molecule has 1 aliphatic heterocycles. The van der Waals surface area contributed by atoms with E-state index < -0.39 is 0 Å². The molecule has 0 amide bonds. The molecule has 3 nitrogen and oxygen atoms in total. The normalized spacial score (nSPS) is 15.8. The molecular weight excluding hydrogens is 274 g/mol. The average Bonchev–Trinajstić information content (AvgIpc) is 2.40. The molecule has 0 spiro atoms. The molecule has 0 atom stereocenters. The van der Waals surface area contributed by atoms with E-state index in [1.54, 1.807) is 0 Å². The van der Waals surface area contributed by atoms with E-state index in [1.807, 2.05) is 38.1 Å². The molecule has 0 bridgehead atoms. The van der Waals surface area contributed by atoms with Crippen molar-refractivity contribution in [1.82, 2.24) is 4.90 Å². The van der Waals surface area contributed by atoms with Gasteiger partial charge in [0, 0.05) is 12.6 Å². The Balaban J connectivity index is 0.00000200. The molecule has 0 unspecified atom stereocenters. The molecule has 0 radical (unpaired) electrons. The van der Waals surface area contributed by atoms with Gasteiger partial charge in [-0.1, -0.05) is 12.5 Å². The second kappa shape index (κ2) is 9.09. The summed E-state index contributed by atoms with van der Waals surface area (Å²) in [5.41, 5.74) is 0. The molecule has 114 valence electrons. The molecule has 1 heterocycles. The van der Waals surface area contributed by atoms with E-state index in [4.69, 9.17) is 9.47 Å². The summed E-state index contributed by atoms with van der Waals surface area (Å²) in [6.45, 7) is 8.29. The van der Waals surface area contributed by atoms with E-state index in [1.165, 1.54) is 32.4 Å². The number of hydrogen-bond donors (Lipinski definition) is 0. The molecule has 0 N–H and O–H groups in total. The fourth-order valence-corrected chi connectivity index (χ4v) is 2.39. The van der Waals surface area contributed by atoms with E-state index in [0.717, 1.165) is 24.7 Å². The van der Waals surface area contributed by atoms with Crippen LogP contribution in [0.4, 0.5) is 0 Å². The van der Waals surface area contributed by atoms with Crippen LogP contribution < -0.4 is 9.47 Å². The summed E-state index contributed by atoms with van der Waals surface area (Å²) < 4.78 is 11.5. The summed E-state index contributed by atoms with van der Waals surface area (Å²) >= 11 is 0. The van der Waals surface area contributed by atoms with Crippen molar-refractivity contribution in [3.05, 3.63) is 24.3 Å². The number of ether oxygens (including phenoxy) is 2. The predicted molar refractivity (Wildman–Crippen MR) is 85.2 cm³/mol. The Bertz CT molecular complexity index is 378. The van der Waals surface area contributed by atoms with Crippen LogP contribution in [0, 0.1) is 0 Å². The fraction of sp³-hybridized carbons (Fsp3) is 0.625. The highest BCUT2D eigenvalue weighted by Gasteiger charge is 2.09. The van der Waals surface area contributed by atoms with Gasteiger partial charge in [-0.3, -0.25) is 4.90 Å². The van der Waals surface area contributed by atoms with Crippen molar-refractivity contribution in [2.75, 3.05) is 26.2 Å². The maximum absolute atomic E-state index is 5.81. The van der Waals surface area contributed by atoms with Gasteiger partial charge in [0.25, 0.3) is 0 Å². The number of halogens is 1. The summed E-state index contributed by atoms with van der Waals surface area (Å²) in [5.74, 6) is 1.78. The topological polar surface area (TPSA) is 21.7 Å². The van der Waals surface area contributed by atoms with Crippen molar-refractivity contribution in [2.45, 2.75) is 39.2 Å².